The Balaban J connectivity index is 1.69. The molecule has 0 saturated heterocycles. The molecule has 0 amide bonds. The van der Waals surface area contributed by atoms with Crippen LogP contribution in [0.4, 0.5) is 19.0 Å². The lowest BCUT2D eigenvalue weighted by atomic mass is 10.0. The molecule has 10 heteroatoms. The minimum Gasteiger partial charge on any atom is -0.459 e. The zero-order valence-electron chi connectivity index (χ0n) is 20.0. The first-order chi connectivity index (χ1) is 18.2. The van der Waals surface area contributed by atoms with Gasteiger partial charge in [-0.3, -0.25) is 14.2 Å². The quantitative estimate of drug-likeness (QED) is 0.264. The molecule has 4 aromatic rings. The molecule has 0 atom stereocenters. The van der Waals surface area contributed by atoms with E-state index >= 15 is 0 Å². The normalized spacial score (nSPS) is 11.3. The van der Waals surface area contributed by atoms with E-state index < -0.39 is 29.8 Å². The largest absolute Gasteiger partial charge is 0.459 e. The second-order valence-electron chi connectivity index (χ2n) is 8.34. The first-order valence-electron chi connectivity index (χ1n) is 11.7. The van der Waals surface area contributed by atoms with Crippen LogP contribution in [0.2, 0.25) is 5.15 Å². The van der Waals surface area contributed by atoms with Gasteiger partial charge in [-0.15, -0.1) is 0 Å². The number of carbonyl (C=O) groups is 1. The van der Waals surface area contributed by atoms with Crippen LogP contribution in [0.25, 0.3) is 11.3 Å². The molecule has 1 N–H and O–H groups in total. The molecule has 0 bridgehead atoms. The highest BCUT2D eigenvalue weighted by Crippen LogP contribution is 2.38. The van der Waals surface area contributed by atoms with Crippen LogP contribution in [-0.2, 0) is 35.3 Å². The van der Waals surface area contributed by atoms with E-state index in [1.54, 1.807) is 30.3 Å². The van der Waals surface area contributed by atoms with Gasteiger partial charge in [-0.2, -0.15) is 13.2 Å². The number of alkyl halides is 3. The summed E-state index contributed by atoms with van der Waals surface area (Å²) in [5, 5.41) is 2.53. The van der Waals surface area contributed by atoms with Crippen LogP contribution in [0.5, 0.6) is 0 Å². The van der Waals surface area contributed by atoms with Gasteiger partial charge in [-0.1, -0.05) is 90.5 Å². The fourth-order valence-corrected chi connectivity index (χ4v) is 4.17. The van der Waals surface area contributed by atoms with Crippen LogP contribution in [-0.4, -0.2) is 22.1 Å². The molecule has 3 aromatic carbocycles. The summed E-state index contributed by atoms with van der Waals surface area (Å²) in [5.74, 6) is -1.01. The van der Waals surface area contributed by atoms with Crippen LogP contribution in [0.1, 0.15) is 16.7 Å². The van der Waals surface area contributed by atoms with Crippen molar-refractivity contribution < 1.29 is 22.7 Å². The molecule has 4 rings (SSSR count). The third-order valence-corrected chi connectivity index (χ3v) is 5.95. The second kappa shape index (κ2) is 12.0. The van der Waals surface area contributed by atoms with E-state index in [-0.39, 0.29) is 28.8 Å². The summed E-state index contributed by atoms with van der Waals surface area (Å²) in [6, 6.07) is 23.0. The molecule has 0 spiro atoms. The monoisotopic (exact) mass is 541 g/mol. The number of hydrogen-bond acceptors (Lipinski definition) is 5. The van der Waals surface area contributed by atoms with Gasteiger partial charge < -0.3 is 10.1 Å². The Hall–Kier alpha value is -4.11. The Morgan fingerprint density at radius 2 is 1.53 bits per heavy atom. The van der Waals surface area contributed by atoms with Gasteiger partial charge in [0.05, 0.1) is 11.3 Å². The van der Waals surface area contributed by atoms with E-state index in [1.807, 2.05) is 30.3 Å². The van der Waals surface area contributed by atoms with Crippen molar-refractivity contribution in [3.63, 3.8) is 0 Å². The summed E-state index contributed by atoms with van der Waals surface area (Å²) < 4.78 is 47.6. The summed E-state index contributed by atoms with van der Waals surface area (Å²) in [4.78, 5) is 30.2. The van der Waals surface area contributed by atoms with Crippen molar-refractivity contribution in [2.45, 2.75) is 25.7 Å². The average molecular weight is 542 g/mol. The van der Waals surface area contributed by atoms with Crippen molar-refractivity contribution in [3.8, 4) is 11.3 Å². The van der Waals surface area contributed by atoms with Crippen molar-refractivity contribution >= 4 is 23.4 Å². The highest BCUT2D eigenvalue weighted by atomic mass is 35.5. The van der Waals surface area contributed by atoms with Crippen molar-refractivity contribution in [2.24, 2.45) is 0 Å². The Bertz CT molecular complexity index is 1460. The SMILES string of the molecule is O=C(Cn1c(-c2ccccc2C(F)(F)F)c(Cl)nc(NCCc2ccccc2)c1=O)OCc1ccccc1. The molecule has 0 unspecified atom stereocenters. The predicted molar refractivity (Wildman–Crippen MR) is 139 cm³/mol. The van der Waals surface area contributed by atoms with Gasteiger partial charge in [0.15, 0.2) is 11.0 Å². The average Bonchev–Trinajstić information content (AvgIpc) is 2.91. The van der Waals surface area contributed by atoms with E-state index in [9.17, 15) is 22.8 Å². The van der Waals surface area contributed by atoms with Gasteiger partial charge >= 0.3 is 12.1 Å². The second-order valence-corrected chi connectivity index (χ2v) is 8.70. The zero-order chi connectivity index (χ0) is 27.1. The summed E-state index contributed by atoms with van der Waals surface area (Å²) in [7, 11) is 0. The lowest BCUT2D eigenvalue weighted by Gasteiger charge is -2.19. The van der Waals surface area contributed by atoms with Crippen molar-refractivity contribution in [3.05, 3.63) is 117 Å². The number of aromatic nitrogens is 2. The molecule has 0 saturated carbocycles. The van der Waals surface area contributed by atoms with Gasteiger partial charge in [-0.25, -0.2) is 4.98 Å². The van der Waals surface area contributed by atoms with Crippen LogP contribution >= 0.6 is 11.6 Å². The maximum absolute atomic E-state index is 13.8. The summed E-state index contributed by atoms with van der Waals surface area (Å²) in [6.45, 7) is -0.424. The van der Waals surface area contributed by atoms with Crippen LogP contribution in [0.3, 0.4) is 0 Å². The number of esters is 1. The molecule has 0 aliphatic carbocycles. The number of carbonyl (C=O) groups excluding carboxylic acids is 1. The Labute approximate surface area is 221 Å². The summed E-state index contributed by atoms with van der Waals surface area (Å²) >= 11 is 6.39. The predicted octanol–water partition coefficient (Wildman–Crippen LogP) is 5.98. The Kier molecular flexibility index (Phi) is 8.48. The van der Waals surface area contributed by atoms with E-state index in [4.69, 9.17) is 16.3 Å². The van der Waals surface area contributed by atoms with E-state index in [2.05, 4.69) is 10.3 Å². The molecule has 1 heterocycles. The fraction of sp³-hybridized carbons (Fsp3) is 0.179. The van der Waals surface area contributed by atoms with E-state index in [1.165, 1.54) is 18.2 Å². The molecule has 6 nitrogen and oxygen atoms in total. The van der Waals surface area contributed by atoms with Crippen LogP contribution < -0.4 is 10.9 Å². The molecule has 0 fully saturated rings. The number of rotatable bonds is 9. The molecule has 0 radical (unpaired) electrons. The smallest absolute Gasteiger partial charge is 0.417 e. The van der Waals surface area contributed by atoms with E-state index in [0.29, 0.717) is 18.5 Å². The van der Waals surface area contributed by atoms with Crippen LogP contribution in [0, 0.1) is 0 Å². The van der Waals surface area contributed by atoms with Crippen molar-refractivity contribution in [2.75, 3.05) is 11.9 Å². The number of ether oxygens (including phenoxy) is 1. The van der Waals surface area contributed by atoms with Gasteiger partial charge in [0.25, 0.3) is 5.56 Å². The third-order valence-electron chi connectivity index (χ3n) is 5.69. The van der Waals surface area contributed by atoms with Gasteiger partial charge in [0.1, 0.15) is 13.2 Å². The van der Waals surface area contributed by atoms with Gasteiger partial charge in [-0.05, 0) is 23.6 Å². The number of benzene rings is 3. The highest BCUT2D eigenvalue weighted by molar-refractivity contribution is 6.32. The lowest BCUT2D eigenvalue weighted by molar-refractivity contribution is -0.145. The maximum atomic E-state index is 13.8. The molecule has 1 aromatic heterocycles. The summed E-state index contributed by atoms with van der Waals surface area (Å²) in [6.07, 6.45) is -4.18. The lowest BCUT2D eigenvalue weighted by Crippen LogP contribution is -2.31. The first-order valence-corrected chi connectivity index (χ1v) is 12.1. The van der Waals surface area contributed by atoms with Crippen molar-refractivity contribution in [1.29, 1.82) is 0 Å². The standard InChI is InChI=1S/C28H23ClF3N3O3/c29-25-24(21-13-7-8-14-22(21)28(30,31)32)35(17-23(36)38-18-20-11-5-2-6-12-20)27(37)26(34-25)33-16-15-19-9-3-1-4-10-19/h1-14H,15-18H2,(H,33,34). The number of nitrogens with zero attached hydrogens (tertiary/aromatic N) is 2. The van der Waals surface area contributed by atoms with E-state index in [0.717, 1.165) is 16.2 Å². The Morgan fingerprint density at radius 3 is 2.18 bits per heavy atom. The number of nitrogens with one attached hydrogen (secondary N) is 1. The van der Waals surface area contributed by atoms with Gasteiger partial charge in [0, 0.05) is 12.1 Å². The first kappa shape index (κ1) is 26.9. The molecule has 0 aliphatic rings. The fourth-order valence-electron chi connectivity index (χ4n) is 3.88. The number of anilines is 1. The summed E-state index contributed by atoms with van der Waals surface area (Å²) in [5.41, 5.74) is -0.792. The topological polar surface area (TPSA) is 73.2 Å². The maximum Gasteiger partial charge on any atom is 0.417 e. The third kappa shape index (κ3) is 6.60. The number of halogens is 4. The molecular weight excluding hydrogens is 519 g/mol. The van der Waals surface area contributed by atoms with Crippen LogP contribution in [0.15, 0.2) is 89.7 Å². The highest BCUT2D eigenvalue weighted by Gasteiger charge is 2.35. The molecule has 0 aliphatic heterocycles. The minimum atomic E-state index is -4.73. The molecule has 196 valence electrons. The van der Waals surface area contributed by atoms with Gasteiger partial charge in [0.2, 0.25) is 0 Å². The minimum absolute atomic E-state index is 0.0656. The Morgan fingerprint density at radius 1 is 0.921 bits per heavy atom. The molecule has 38 heavy (non-hydrogen) atoms. The van der Waals surface area contributed by atoms with Crippen molar-refractivity contribution in [1.82, 2.24) is 9.55 Å². The number of hydrogen-bond donors (Lipinski definition) is 1. The molecular formula is C28H23ClF3N3O3. The zero-order valence-corrected chi connectivity index (χ0v) is 20.8.